The Kier molecular flexibility index (Phi) is 8.29. The van der Waals surface area contributed by atoms with Gasteiger partial charge >= 0.3 is 0 Å². The largest absolute Gasteiger partial charge is 0.497 e. The first-order chi connectivity index (χ1) is 23.5. The van der Waals surface area contributed by atoms with Crippen LogP contribution in [0.5, 0.6) is 11.6 Å². The van der Waals surface area contributed by atoms with Crippen molar-refractivity contribution in [2.45, 2.75) is 13.1 Å². The Morgan fingerprint density at radius 3 is 1.96 bits per heavy atom. The Balaban J connectivity index is 1.45. The molecule has 0 aliphatic carbocycles. The van der Waals surface area contributed by atoms with E-state index in [0.717, 1.165) is 45.6 Å². The van der Waals surface area contributed by atoms with Gasteiger partial charge in [0.05, 0.1) is 25.3 Å². The van der Waals surface area contributed by atoms with Gasteiger partial charge in [0, 0.05) is 18.7 Å². The minimum Gasteiger partial charge on any atom is -0.497 e. The second-order valence-corrected chi connectivity index (χ2v) is 11.7. The van der Waals surface area contributed by atoms with E-state index < -0.39 is 0 Å². The average Bonchev–Trinajstić information content (AvgIpc) is 3.72. The normalized spacial score (nSPS) is 11.1. The van der Waals surface area contributed by atoms with E-state index in [1.54, 1.807) is 18.7 Å². The van der Waals surface area contributed by atoms with E-state index in [0.29, 0.717) is 29.0 Å². The molecular formula is C38H36BN7O2. The zero-order valence-corrected chi connectivity index (χ0v) is 27.4. The van der Waals surface area contributed by atoms with Gasteiger partial charge in [-0.05, 0) is 29.6 Å². The van der Waals surface area contributed by atoms with E-state index in [2.05, 4.69) is 43.2 Å². The Morgan fingerprint density at radius 2 is 1.33 bits per heavy atom. The van der Waals surface area contributed by atoms with Crippen LogP contribution in [0.15, 0.2) is 121 Å². The van der Waals surface area contributed by atoms with Crippen molar-refractivity contribution in [1.29, 1.82) is 0 Å². The smallest absolute Gasteiger partial charge is 0.287 e. The summed E-state index contributed by atoms with van der Waals surface area (Å²) < 4.78 is 15.4. The number of nitrogens with zero attached hydrogens (tertiary/aromatic N) is 6. The SMILES string of the molecule is COc1ccc(-c2c(N(C)c3cc(N)n(B(C)Cc4ccccc4)n3)nc3c(-c4ccccc4)c(-c4ccccc4)nn3c2OC)cc1. The maximum atomic E-state index is 6.61. The van der Waals surface area contributed by atoms with Gasteiger partial charge in [-0.1, -0.05) is 116 Å². The molecule has 0 saturated heterocycles. The molecule has 4 aromatic carbocycles. The molecule has 9 nitrogen and oxygen atoms in total. The summed E-state index contributed by atoms with van der Waals surface area (Å²) in [7, 11) is 5.27. The van der Waals surface area contributed by atoms with Crippen LogP contribution in [-0.2, 0) is 6.32 Å². The summed E-state index contributed by atoms with van der Waals surface area (Å²) in [4.78, 5) is 7.34. The Hall–Kier alpha value is -6.03. The molecule has 0 spiro atoms. The number of benzene rings is 4. The van der Waals surface area contributed by atoms with Crippen LogP contribution in [0, 0.1) is 0 Å². The van der Waals surface area contributed by atoms with E-state index in [1.807, 2.05) is 101 Å². The molecule has 0 aliphatic rings. The molecule has 10 heteroatoms. The fraction of sp³-hybridized carbons (Fsp3) is 0.132. The van der Waals surface area contributed by atoms with E-state index in [-0.39, 0.29) is 6.85 Å². The Morgan fingerprint density at radius 1 is 0.729 bits per heavy atom. The first kappa shape index (κ1) is 30.6. The van der Waals surface area contributed by atoms with E-state index in [1.165, 1.54) is 5.56 Å². The molecule has 0 radical (unpaired) electrons. The van der Waals surface area contributed by atoms with Crippen LogP contribution in [0.3, 0.4) is 0 Å². The van der Waals surface area contributed by atoms with Crippen molar-refractivity contribution in [2.75, 3.05) is 31.9 Å². The van der Waals surface area contributed by atoms with Gasteiger partial charge in [0.25, 0.3) is 6.85 Å². The number of nitrogen functional groups attached to an aromatic ring is 1. The van der Waals surface area contributed by atoms with Crippen molar-refractivity contribution in [3.8, 4) is 45.1 Å². The molecule has 0 saturated carbocycles. The minimum absolute atomic E-state index is 0.0357. The summed E-state index contributed by atoms with van der Waals surface area (Å²) in [5, 5.41) is 10.2. The quantitative estimate of drug-likeness (QED) is 0.156. The van der Waals surface area contributed by atoms with Crippen molar-refractivity contribution in [2.24, 2.45) is 0 Å². The van der Waals surface area contributed by atoms with Crippen molar-refractivity contribution >= 4 is 29.9 Å². The molecule has 238 valence electrons. The maximum Gasteiger partial charge on any atom is 0.287 e. The van der Waals surface area contributed by atoms with Crippen LogP contribution >= 0.6 is 0 Å². The van der Waals surface area contributed by atoms with Gasteiger partial charge in [-0.15, -0.1) is 0 Å². The number of hydrogen-bond acceptors (Lipinski definition) is 7. The average molecular weight is 634 g/mol. The lowest BCUT2D eigenvalue weighted by molar-refractivity contribution is 0.387. The molecule has 0 amide bonds. The topological polar surface area (TPSA) is 95.7 Å². The van der Waals surface area contributed by atoms with Crippen LogP contribution in [0.1, 0.15) is 5.56 Å². The molecule has 48 heavy (non-hydrogen) atoms. The summed E-state index contributed by atoms with van der Waals surface area (Å²) in [6, 6.07) is 40.5. The van der Waals surface area contributed by atoms with Crippen molar-refractivity contribution < 1.29 is 9.47 Å². The number of methoxy groups -OCH3 is 2. The van der Waals surface area contributed by atoms with Crippen LogP contribution in [0.25, 0.3) is 39.2 Å². The molecule has 7 rings (SSSR count). The molecule has 3 heterocycles. The van der Waals surface area contributed by atoms with Crippen LogP contribution in [0.4, 0.5) is 17.5 Å². The summed E-state index contributed by atoms with van der Waals surface area (Å²) in [6.07, 6.45) is 0.795. The van der Waals surface area contributed by atoms with Gasteiger partial charge in [0.15, 0.2) is 11.5 Å². The third-order valence-corrected chi connectivity index (χ3v) is 8.59. The fourth-order valence-electron chi connectivity index (χ4n) is 6.18. The number of anilines is 3. The van der Waals surface area contributed by atoms with Gasteiger partial charge in [0.1, 0.15) is 23.1 Å². The molecule has 2 N–H and O–H groups in total. The molecule has 7 aromatic rings. The summed E-state index contributed by atoms with van der Waals surface area (Å²) in [5.74, 6) is 3.15. The number of hydrogen-bond donors (Lipinski definition) is 1. The Labute approximate surface area is 280 Å². The summed E-state index contributed by atoms with van der Waals surface area (Å²) in [6.45, 7) is 2.16. The molecule has 0 fully saturated rings. The van der Waals surface area contributed by atoms with Gasteiger partial charge < -0.3 is 20.1 Å². The predicted molar refractivity (Wildman–Crippen MR) is 194 cm³/mol. The van der Waals surface area contributed by atoms with Gasteiger partial charge in [-0.25, -0.2) is 4.98 Å². The van der Waals surface area contributed by atoms with E-state index >= 15 is 0 Å². The number of nitrogens with two attached hydrogens (primary N) is 1. The lowest BCUT2D eigenvalue weighted by Gasteiger charge is -2.22. The van der Waals surface area contributed by atoms with Gasteiger partial charge in [-0.3, -0.25) is 4.59 Å². The highest BCUT2D eigenvalue weighted by Crippen LogP contribution is 2.44. The second kappa shape index (κ2) is 13.0. The number of fused-ring (bicyclic) bond motifs is 1. The zero-order valence-electron chi connectivity index (χ0n) is 27.4. The van der Waals surface area contributed by atoms with Crippen LogP contribution in [0.2, 0.25) is 6.82 Å². The molecule has 0 unspecified atom stereocenters. The molecule has 0 bridgehead atoms. The number of ether oxygens (including phenoxy) is 2. The predicted octanol–water partition coefficient (Wildman–Crippen LogP) is 7.55. The van der Waals surface area contributed by atoms with E-state index in [9.17, 15) is 0 Å². The number of rotatable bonds is 10. The lowest BCUT2D eigenvalue weighted by Crippen LogP contribution is -2.27. The minimum atomic E-state index is 0.0357. The first-order valence-corrected chi connectivity index (χ1v) is 15.9. The molecule has 0 aliphatic heterocycles. The summed E-state index contributed by atoms with van der Waals surface area (Å²) >= 11 is 0. The maximum absolute atomic E-state index is 6.61. The van der Waals surface area contributed by atoms with Crippen LogP contribution < -0.4 is 20.1 Å². The van der Waals surface area contributed by atoms with Crippen molar-refractivity contribution in [1.82, 2.24) is 24.3 Å². The second-order valence-electron chi connectivity index (χ2n) is 11.7. The monoisotopic (exact) mass is 633 g/mol. The molecule has 0 atom stereocenters. The van der Waals surface area contributed by atoms with Crippen molar-refractivity contribution in [3.63, 3.8) is 0 Å². The summed E-state index contributed by atoms with van der Waals surface area (Å²) in [5.41, 5.74) is 13.8. The highest BCUT2D eigenvalue weighted by atomic mass is 16.5. The lowest BCUT2D eigenvalue weighted by atomic mass is 9.60. The first-order valence-electron chi connectivity index (χ1n) is 15.9. The highest BCUT2D eigenvalue weighted by molar-refractivity contribution is 6.55. The third kappa shape index (κ3) is 5.62. The number of aromatic nitrogens is 5. The van der Waals surface area contributed by atoms with Crippen LogP contribution in [-0.4, -0.2) is 52.4 Å². The standard InChI is InChI=1S/C38H36BN7O2/c1-39(25-26-14-8-5-9-15-26)46-31(40)24-32(42-46)44(2)36-34(28-20-22-30(47-3)23-21-28)38(48-4)45-37(41-36)33(27-16-10-6-11-17-27)35(43-45)29-18-12-7-13-19-29/h5-24H,25,40H2,1-4H3. The van der Waals surface area contributed by atoms with Crippen molar-refractivity contribution in [3.05, 3.63) is 127 Å². The fourth-order valence-corrected chi connectivity index (χ4v) is 6.18. The highest BCUT2D eigenvalue weighted by Gasteiger charge is 2.28. The molecular weight excluding hydrogens is 597 g/mol. The van der Waals surface area contributed by atoms with E-state index in [4.69, 9.17) is 30.4 Å². The third-order valence-electron chi connectivity index (χ3n) is 8.59. The molecule has 3 aromatic heterocycles. The zero-order chi connectivity index (χ0) is 33.2. The van der Waals surface area contributed by atoms with Gasteiger partial charge in [-0.2, -0.15) is 14.7 Å². The Bertz CT molecular complexity index is 2170. The van der Waals surface area contributed by atoms with Gasteiger partial charge in [0.2, 0.25) is 5.88 Å².